The Balaban J connectivity index is 1.90. The van der Waals surface area contributed by atoms with Crippen molar-refractivity contribution in [2.45, 2.75) is 32.7 Å². The summed E-state index contributed by atoms with van der Waals surface area (Å²) in [7, 11) is 0. The molecule has 1 aliphatic rings. The maximum atomic E-state index is 13.8. The van der Waals surface area contributed by atoms with Gasteiger partial charge in [-0.1, -0.05) is 43.4 Å². The highest BCUT2D eigenvalue weighted by atomic mass is 127. The van der Waals surface area contributed by atoms with Crippen molar-refractivity contribution in [1.29, 1.82) is 0 Å². The average Bonchev–Trinajstić information content (AvgIpc) is 3.47. The molecule has 1 aliphatic heterocycles. The molecule has 188 valence electrons. The summed E-state index contributed by atoms with van der Waals surface area (Å²) in [6.07, 6.45) is 5.04. The first-order valence-corrected chi connectivity index (χ1v) is 15.2. The fraction of sp³-hybridized carbons (Fsp3) is 0.269. The molecule has 4 rings (SSSR count). The number of halogens is 2. The highest BCUT2D eigenvalue weighted by Crippen LogP contribution is 2.35. The number of nitrogens with zero attached hydrogens (tertiary/aromatic N) is 2. The zero-order valence-electron chi connectivity index (χ0n) is 19.8. The van der Waals surface area contributed by atoms with Crippen LogP contribution in [0.5, 0.6) is 5.75 Å². The number of hydrogen-bond donors (Lipinski definition) is 0. The molecule has 3 aromatic rings. The summed E-state index contributed by atoms with van der Waals surface area (Å²) in [5.41, 5.74) is 1.86. The molecule has 0 amide bonds. The van der Waals surface area contributed by atoms with Gasteiger partial charge < -0.3 is 9.47 Å². The number of ether oxygens (including phenoxy) is 2. The SMILES string of the molecule is C=CCOc1c(I)cc(/C=c2\sc3n(c2=O)C(c2cccs2)C(C(=O)OCC)=C(CCC)N=3)cc1I. The topological polar surface area (TPSA) is 69.9 Å². The number of esters is 1. The fourth-order valence-electron chi connectivity index (χ4n) is 3.93. The molecule has 3 heterocycles. The van der Waals surface area contributed by atoms with E-state index in [2.05, 4.69) is 51.8 Å². The van der Waals surface area contributed by atoms with Crippen molar-refractivity contribution in [2.24, 2.45) is 4.99 Å². The van der Waals surface area contributed by atoms with Gasteiger partial charge in [-0.25, -0.2) is 9.79 Å². The van der Waals surface area contributed by atoms with Crippen LogP contribution in [0.25, 0.3) is 6.08 Å². The number of benzene rings is 1. The number of carbonyl (C=O) groups excluding carboxylic acids is 1. The Bertz CT molecular complexity index is 1480. The second kappa shape index (κ2) is 12.2. The lowest BCUT2D eigenvalue weighted by Crippen LogP contribution is -2.39. The van der Waals surface area contributed by atoms with Crippen molar-refractivity contribution in [3.8, 4) is 5.75 Å². The van der Waals surface area contributed by atoms with Gasteiger partial charge in [0.15, 0.2) is 4.80 Å². The first kappa shape index (κ1) is 27.3. The maximum Gasteiger partial charge on any atom is 0.338 e. The van der Waals surface area contributed by atoms with Crippen LogP contribution in [0.4, 0.5) is 0 Å². The highest BCUT2D eigenvalue weighted by Gasteiger charge is 2.34. The van der Waals surface area contributed by atoms with Gasteiger partial charge in [-0.2, -0.15) is 0 Å². The predicted molar refractivity (Wildman–Crippen MR) is 162 cm³/mol. The van der Waals surface area contributed by atoms with Crippen molar-refractivity contribution in [2.75, 3.05) is 13.2 Å². The summed E-state index contributed by atoms with van der Waals surface area (Å²) in [6, 6.07) is 7.30. The minimum Gasteiger partial charge on any atom is -0.487 e. The lowest BCUT2D eigenvalue weighted by atomic mass is 9.99. The summed E-state index contributed by atoms with van der Waals surface area (Å²) < 4.78 is 15.3. The van der Waals surface area contributed by atoms with Gasteiger partial charge >= 0.3 is 5.97 Å². The summed E-state index contributed by atoms with van der Waals surface area (Å²) >= 11 is 7.34. The van der Waals surface area contributed by atoms with Crippen LogP contribution in [0.3, 0.4) is 0 Å². The smallest absolute Gasteiger partial charge is 0.338 e. The van der Waals surface area contributed by atoms with Crippen LogP contribution in [0.15, 0.2) is 63.4 Å². The molecular formula is C26H24I2N2O4S2. The monoisotopic (exact) mass is 746 g/mol. The summed E-state index contributed by atoms with van der Waals surface area (Å²) in [5.74, 6) is 0.382. The van der Waals surface area contributed by atoms with Crippen molar-refractivity contribution in [1.82, 2.24) is 4.57 Å². The third-order valence-corrected chi connectivity index (χ3v) is 8.88. The van der Waals surface area contributed by atoms with Crippen LogP contribution < -0.4 is 19.6 Å². The van der Waals surface area contributed by atoms with Crippen molar-refractivity contribution in [3.05, 3.63) is 90.8 Å². The second-order valence-corrected chi connectivity index (χ2v) is 12.2. The molecule has 1 aromatic carbocycles. The molecule has 1 unspecified atom stereocenters. The molecule has 10 heteroatoms. The molecule has 0 N–H and O–H groups in total. The van der Waals surface area contributed by atoms with Crippen LogP contribution in [-0.4, -0.2) is 23.8 Å². The van der Waals surface area contributed by atoms with Gasteiger partial charge in [0, 0.05) is 4.88 Å². The zero-order chi connectivity index (χ0) is 25.8. The maximum absolute atomic E-state index is 13.8. The fourth-order valence-corrected chi connectivity index (χ4v) is 7.90. The summed E-state index contributed by atoms with van der Waals surface area (Å²) in [4.78, 5) is 33.2. The van der Waals surface area contributed by atoms with E-state index < -0.39 is 12.0 Å². The first-order valence-electron chi connectivity index (χ1n) is 11.4. The minimum atomic E-state index is -0.557. The number of fused-ring (bicyclic) bond motifs is 1. The van der Waals surface area contributed by atoms with Crippen molar-refractivity contribution >= 4 is 79.9 Å². The molecule has 0 radical (unpaired) electrons. The molecule has 6 nitrogen and oxygen atoms in total. The van der Waals surface area contributed by atoms with E-state index in [9.17, 15) is 9.59 Å². The quantitative estimate of drug-likeness (QED) is 0.167. The van der Waals surface area contributed by atoms with E-state index in [1.54, 1.807) is 17.6 Å². The third kappa shape index (κ3) is 5.55. The minimum absolute atomic E-state index is 0.175. The van der Waals surface area contributed by atoms with Gasteiger partial charge in [-0.15, -0.1) is 11.3 Å². The molecule has 0 aliphatic carbocycles. The molecule has 0 saturated carbocycles. The van der Waals surface area contributed by atoms with E-state index in [1.165, 1.54) is 22.7 Å². The van der Waals surface area contributed by atoms with Gasteiger partial charge in [-0.05, 0) is 93.7 Å². The first-order chi connectivity index (χ1) is 17.4. The Kier molecular flexibility index (Phi) is 9.23. The van der Waals surface area contributed by atoms with E-state index in [0.717, 1.165) is 29.8 Å². The van der Waals surface area contributed by atoms with E-state index in [-0.39, 0.29) is 12.2 Å². The summed E-state index contributed by atoms with van der Waals surface area (Å²) in [5, 5.41) is 1.95. The predicted octanol–water partition coefficient (Wildman–Crippen LogP) is 5.41. The number of carbonyl (C=O) groups is 1. The number of aromatic nitrogens is 1. The Morgan fingerprint density at radius 2 is 2.03 bits per heavy atom. The molecule has 0 fully saturated rings. The van der Waals surface area contributed by atoms with E-state index >= 15 is 0 Å². The van der Waals surface area contributed by atoms with E-state index in [0.29, 0.717) is 33.6 Å². The molecule has 1 atom stereocenters. The molecule has 0 spiro atoms. The summed E-state index contributed by atoms with van der Waals surface area (Å²) in [6.45, 7) is 8.22. The Labute approximate surface area is 244 Å². The highest BCUT2D eigenvalue weighted by molar-refractivity contribution is 14.1. The molecule has 2 aromatic heterocycles. The van der Waals surface area contributed by atoms with Gasteiger partial charge in [-0.3, -0.25) is 9.36 Å². The van der Waals surface area contributed by atoms with E-state index in [4.69, 9.17) is 14.5 Å². The van der Waals surface area contributed by atoms with Crippen LogP contribution in [0.1, 0.15) is 43.2 Å². The standard InChI is InChI=1S/C26H24I2N2O4S2/c1-4-8-18-21(25(32)33-6-3)22(19-9-7-11-35-19)30-24(31)20(36-26(30)29-18)14-15-12-16(27)23(17(28)13-15)34-10-5-2/h5,7,9,11-14,22H,2,4,6,8,10H2,1,3H3/b20-14-. The Morgan fingerprint density at radius 1 is 1.28 bits per heavy atom. The Hall–Kier alpha value is -1.77. The average molecular weight is 746 g/mol. The Morgan fingerprint density at radius 3 is 2.64 bits per heavy atom. The van der Waals surface area contributed by atoms with Crippen molar-refractivity contribution < 1.29 is 14.3 Å². The van der Waals surface area contributed by atoms with Crippen LogP contribution >= 0.6 is 67.9 Å². The molecular weight excluding hydrogens is 722 g/mol. The molecule has 0 bridgehead atoms. The third-order valence-electron chi connectivity index (χ3n) is 5.37. The van der Waals surface area contributed by atoms with Gasteiger partial charge in [0.2, 0.25) is 0 Å². The molecule has 36 heavy (non-hydrogen) atoms. The lowest BCUT2D eigenvalue weighted by Gasteiger charge is -2.24. The normalized spacial score (nSPS) is 15.4. The number of allylic oxidation sites excluding steroid dienone is 1. The van der Waals surface area contributed by atoms with E-state index in [1.807, 2.05) is 42.6 Å². The lowest BCUT2D eigenvalue weighted by molar-refractivity contribution is -0.139. The number of hydrogen-bond acceptors (Lipinski definition) is 7. The molecule has 0 saturated heterocycles. The van der Waals surface area contributed by atoms with Gasteiger partial charge in [0.1, 0.15) is 18.4 Å². The van der Waals surface area contributed by atoms with Crippen LogP contribution in [0.2, 0.25) is 0 Å². The zero-order valence-corrected chi connectivity index (χ0v) is 25.7. The number of thiophene rings is 1. The van der Waals surface area contributed by atoms with Crippen molar-refractivity contribution in [3.63, 3.8) is 0 Å². The van der Waals surface area contributed by atoms with Crippen LogP contribution in [-0.2, 0) is 9.53 Å². The second-order valence-electron chi connectivity index (χ2n) is 7.84. The largest absolute Gasteiger partial charge is 0.487 e. The van der Waals surface area contributed by atoms with Crippen LogP contribution in [0, 0.1) is 7.14 Å². The number of rotatable bonds is 9. The van der Waals surface area contributed by atoms with Gasteiger partial charge in [0.05, 0.1) is 29.5 Å². The number of thiazole rings is 1. The van der Waals surface area contributed by atoms with Gasteiger partial charge in [0.25, 0.3) is 5.56 Å².